The molecule has 168 valence electrons. The number of thioether (sulfide) groups is 1. The second-order valence-corrected chi connectivity index (χ2v) is 8.77. The second-order valence-electron chi connectivity index (χ2n) is 6.56. The predicted molar refractivity (Wildman–Crippen MR) is 125 cm³/mol. The number of amides is 2. The van der Waals surface area contributed by atoms with Crippen LogP contribution in [-0.4, -0.2) is 49.0 Å². The fraction of sp³-hybridized carbons (Fsp3) is 0.250. The third kappa shape index (κ3) is 5.94. The van der Waals surface area contributed by atoms with Crippen molar-refractivity contribution in [1.82, 2.24) is 25.1 Å². The number of nitrogens with zero attached hydrogens (tertiary/aromatic N) is 4. The van der Waals surface area contributed by atoms with Gasteiger partial charge in [0.2, 0.25) is 5.91 Å². The highest BCUT2D eigenvalue weighted by atomic mass is 35.5. The maximum Gasteiger partial charge on any atom is 0.253 e. The molecule has 0 aliphatic heterocycles. The van der Waals surface area contributed by atoms with Crippen molar-refractivity contribution in [3.63, 3.8) is 0 Å². The Balaban J connectivity index is 1.72. The molecule has 3 rings (SSSR count). The molecule has 0 aliphatic carbocycles. The van der Waals surface area contributed by atoms with Gasteiger partial charge in [-0.1, -0.05) is 41.6 Å². The van der Waals surface area contributed by atoms with Gasteiger partial charge in [0.15, 0.2) is 16.1 Å². The highest BCUT2D eigenvalue weighted by molar-refractivity contribution is 7.99. The first-order chi connectivity index (χ1) is 15.4. The summed E-state index contributed by atoms with van der Waals surface area (Å²) in [5.74, 6) is -0.255. The van der Waals surface area contributed by atoms with Crippen LogP contribution in [0.4, 0.5) is 5.13 Å². The Morgan fingerprint density at radius 1 is 1.38 bits per heavy atom. The van der Waals surface area contributed by atoms with Crippen molar-refractivity contribution in [2.75, 3.05) is 17.7 Å². The van der Waals surface area contributed by atoms with E-state index in [4.69, 9.17) is 11.6 Å². The van der Waals surface area contributed by atoms with Crippen molar-refractivity contribution in [2.45, 2.75) is 24.7 Å². The number of allylic oxidation sites excluding steroid dienone is 1. The molecule has 32 heavy (non-hydrogen) atoms. The number of carbonyl (C=O) groups is 2. The van der Waals surface area contributed by atoms with Crippen LogP contribution in [0.3, 0.4) is 0 Å². The lowest BCUT2D eigenvalue weighted by molar-refractivity contribution is -0.113. The van der Waals surface area contributed by atoms with E-state index < -0.39 is 18.6 Å². The average molecular weight is 493 g/mol. The van der Waals surface area contributed by atoms with Gasteiger partial charge in [-0.2, -0.15) is 0 Å². The monoisotopic (exact) mass is 492 g/mol. The summed E-state index contributed by atoms with van der Waals surface area (Å²) in [5, 5.41) is 26.8. The molecule has 0 radical (unpaired) electrons. The Labute approximate surface area is 197 Å². The first-order valence-electron chi connectivity index (χ1n) is 9.48. The van der Waals surface area contributed by atoms with Crippen LogP contribution < -0.4 is 10.6 Å². The maximum absolute atomic E-state index is 12.6. The summed E-state index contributed by atoms with van der Waals surface area (Å²) >= 11 is 8.62. The Hall–Kier alpha value is -2.73. The zero-order valence-electron chi connectivity index (χ0n) is 17.1. The van der Waals surface area contributed by atoms with Gasteiger partial charge in [-0.15, -0.1) is 28.1 Å². The molecule has 3 N–H and O–H groups in total. The van der Waals surface area contributed by atoms with Gasteiger partial charge in [0, 0.05) is 11.9 Å². The van der Waals surface area contributed by atoms with Gasteiger partial charge in [-0.25, -0.2) is 4.98 Å². The minimum atomic E-state index is -0.826. The average Bonchev–Trinajstić information content (AvgIpc) is 3.36. The van der Waals surface area contributed by atoms with Gasteiger partial charge in [-0.05, 0) is 19.1 Å². The van der Waals surface area contributed by atoms with Crippen molar-refractivity contribution in [3.8, 4) is 0 Å². The first kappa shape index (κ1) is 23.9. The van der Waals surface area contributed by atoms with Gasteiger partial charge in [-0.3, -0.25) is 9.59 Å². The fourth-order valence-corrected chi connectivity index (χ4v) is 4.42. The lowest BCUT2D eigenvalue weighted by Gasteiger charge is -2.17. The summed E-state index contributed by atoms with van der Waals surface area (Å²) in [4.78, 5) is 29.1. The molecule has 1 aromatic carbocycles. The minimum absolute atomic E-state index is 0.0870. The van der Waals surface area contributed by atoms with Crippen LogP contribution in [0.15, 0.2) is 47.5 Å². The number of aliphatic hydroxyl groups is 1. The lowest BCUT2D eigenvalue weighted by Crippen LogP contribution is -2.33. The summed E-state index contributed by atoms with van der Waals surface area (Å²) < 4.78 is 1.69. The van der Waals surface area contributed by atoms with Crippen LogP contribution in [0.25, 0.3) is 0 Å². The Morgan fingerprint density at radius 3 is 2.81 bits per heavy atom. The Morgan fingerprint density at radius 2 is 2.16 bits per heavy atom. The van der Waals surface area contributed by atoms with E-state index in [0.29, 0.717) is 27.7 Å². The van der Waals surface area contributed by atoms with Crippen molar-refractivity contribution in [1.29, 1.82) is 0 Å². The zero-order chi connectivity index (χ0) is 23.1. The SMILES string of the molecule is C=CCn1c(SCC(=O)Nc2nc(C)cs2)nnc1C(CO)NC(=O)c1ccccc1Cl. The summed E-state index contributed by atoms with van der Waals surface area (Å²) in [6, 6.07) is 5.79. The Kier molecular flexibility index (Phi) is 8.39. The molecule has 0 saturated heterocycles. The van der Waals surface area contributed by atoms with E-state index in [1.165, 1.54) is 23.1 Å². The first-order valence-corrected chi connectivity index (χ1v) is 11.7. The minimum Gasteiger partial charge on any atom is -0.394 e. The molecule has 3 aromatic rings. The number of anilines is 1. The summed E-state index contributed by atoms with van der Waals surface area (Å²) in [6.45, 7) is 5.51. The third-order valence-electron chi connectivity index (χ3n) is 4.17. The molecule has 0 bridgehead atoms. The van der Waals surface area contributed by atoms with Crippen molar-refractivity contribution < 1.29 is 14.7 Å². The standard InChI is InChI=1S/C20H21ClN6O3S2/c1-3-8-27-17(15(9-28)23-18(30)13-6-4-5-7-14(13)21)25-26-20(27)32-11-16(29)24-19-22-12(2)10-31-19/h3-7,10,15,28H,1,8-9,11H2,2H3,(H,23,30)(H,22,24,29). The van der Waals surface area contributed by atoms with Gasteiger partial charge in [0.1, 0.15) is 6.04 Å². The van der Waals surface area contributed by atoms with E-state index in [1.54, 1.807) is 34.9 Å². The number of aliphatic hydroxyl groups excluding tert-OH is 1. The number of halogens is 1. The molecular weight excluding hydrogens is 472 g/mol. The van der Waals surface area contributed by atoms with E-state index in [-0.39, 0.29) is 17.2 Å². The number of hydrogen-bond donors (Lipinski definition) is 3. The van der Waals surface area contributed by atoms with E-state index in [1.807, 2.05) is 12.3 Å². The number of thiazole rings is 1. The highest BCUT2D eigenvalue weighted by Gasteiger charge is 2.24. The van der Waals surface area contributed by atoms with Gasteiger partial charge in [0.05, 0.1) is 28.6 Å². The molecule has 2 aromatic heterocycles. The molecule has 0 fully saturated rings. The van der Waals surface area contributed by atoms with E-state index in [0.717, 1.165) is 5.69 Å². The van der Waals surface area contributed by atoms with E-state index >= 15 is 0 Å². The zero-order valence-corrected chi connectivity index (χ0v) is 19.5. The summed E-state index contributed by atoms with van der Waals surface area (Å²) in [7, 11) is 0. The smallest absolute Gasteiger partial charge is 0.253 e. The molecule has 2 heterocycles. The van der Waals surface area contributed by atoms with Crippen LogP contribution >= 0.6 is 34.7 Å². The normalized spacial score (nSPS) is 11.7. The van der Waals surface area contributed by atoms with Crippen LogP contribution in [0.1, 0.15) is 27.9 Å². The molecule has 1 atom stereocenters. The lowest BCUT2D eigenvalue weighted by atomic mass is 10.2. The summed E-state index contributed by atoms with van der Waals surface area (Å²) in [5.41, 5.74) is 1.12. The number of rotatable bonds is 10. The maximum atomic E-state index is 12.6. The molecular formula is C20H21ClN6O3S2. The predicted octanol–water partition coefficient (Wildman–Crippen LogP) is 3.08. The number of benzene rings is 1. The fourth-order valence-electron chi connectivity index (χ4n) is 2.74. The highest BCUT2D eigenvalue weighted by Crippen LogP contribution is 2.23. The molecule has 0 spiro atoms. The molecule has 9 nitrogen and oxygen atoms in total. The second kappa shape index (κ2) is 11.2. The molecule has 12 heteroatoms. The van der Waals surface area contributed by atoms with Gasteiger partial charge >= 0.3 is 0 Å². The number of aromatic nitrogens is 4. The van der Waals surface area contributed by atoms with Gasteiger partial charge < -0.3 is 20.3 Å². The number of carbonyl (C=O) groups excluding carboxylic acids is 2. The topological polar surface area (TPSA) is 122 Å². The van der Waals surface area contributed by atoms with Crippen molar-refractivity contribution >= 4 is 51.6 Å². The Bertz CT molecular complexity index is 1120. The third-order valence-corrected chi connectivity index (χ3v) is 6.34. The van der Waals surface area contributed by atoms with E-state index in [2.05, 4.69) is 32.4 Å². The van der Waals surface area contributed by atoms with Crippen LogP contribution in [-0.2, 0) is 11.3 Å². The van der Waals surface area contributed by atoms with Gasteiger partial charge in [0.25, 0.3) is 5.91 Å². The van der Waals surface area contributed by atoms with Crippen LogP contribution in [0, 0.1) is 6.92 Å². The van der Waals surface area contributed by atoms with Crippen LogP contribution in [0.5, 0.6) is 0 Å². The van der Waals surface area contributed by atoms with Crippen molar-refractivity contribution in [3.05, 3.63) is 64.4 Å². The quantitative estimate of drug-likeness (QED) is 0.293. The molecule has 0 saturated carbocycles. The molecule has 0 aliphatic rings. The van der Waals surface area contributed by atoms with Crippen LogP contribution in [0.2, 0.25) is 5.02 Å². The number of hydrogen-bond acceptors (Lipinski definition) is 8. The molecule has 1 unspecified atom stereocenters. The van der Waals surface area contributed by atoms with E-state index in [9.17, 15) is 14.7 Å². The number of nitrogens with one attached hydrogen (secondary N) is 2. The number of aryl methyl sites for hydroxylation is 1. The summed E-state index contributed by atoms with van der Waals surface area (Å²) in [6.07, 6.45) is 1.64. The van der Waals surface area contributed by atoms with Crippen molar-refractivity contribution in [2.24, 2.45) is 0 Å². The largest absolute Gasteiger partial charge is 0.394 e. The molecule has 2 amide bonds.